The van der Waals surface area contributed by atoms with Crippen LogP contribution in [0.4, 0.5) is 5.69 Å². The second-order valence-corrected chi connectivity index (χ2v) is 6.12. The fourth-order valence-corrected chi connectivity index (χ4v) is 3.18. The molecule has 0 radical (unpaired) electrons. The number of rotatable bonds is 4. The zero-order valence-electron chi connectivity index (χ0n) is 12.9. The van der Waals surface area contributed by atoms with Gasteiger partial charge in [0.15, 0.2) is 0 Å². The molecule has 2 heterocycles. The van der Waals surface area contributed by atoms with Crippen LogP contribution >= 0.6 is 0 Å². The number of nitro benzene ring substituents is 1. The maximum Gasteiger partial charge on any atom is 0.314 e. The molecule has 3 N–H and O–H groups in total. The Morgan fingerprint density at radius 2 is 1.92 bits per heavy atom. The minimum atomic E-state index is -0.841. The summed E-state index contributed by atoms with van der Waals surface area (Å²) in [5.74, 6) is 0.175. The molecule has 0 bridgehead atoms. The van der Waals surface area contributed by atoms with E-state index in [-0.39, 0.29) is 23.7 Å². The van der Waals surface area contributed by atoms with Crippen LogP contribution in [0, 0.1) is 16.0 Å². The smallest absolute Gasteiger partial charge is 0.314 e. The van der Waals surface area contributed by atoms with Crippen LogP contribution in [-0.4, -0.2) is 44.6 Å². The van der Waals surface area contributed by atoms with Crippen molar-refractivity contribution < 1.29 is 10.0 Å². The number of aliphatic hydroxyl groups excluding tert-OH is 1. The molecule has 0 amide bonds. The van der Waals surface area contributed by atoms with Gasteiger partial charge in [0, 0.05) is 31.3 Å². The Bertz CT molecular complexity index is 888. The molecule has 1 unspecified atom stereocenters. The number of likely N-dealkylation sites (tertiary alicyclic amines) is 1. The van der Waals surface area contributed by atoms with Gasteiger partial charge < -0.3 is 15.1 Å². The van der Waals surface area contributed by atoms with Crippen molar-refractivity contribution in [3.05, 3.63) is 48.5 Å². The molecule has 1 aromatic carbocycles. The van der Waals surface area contributed by atoms with Crippen LogP contribution in [0.5, 0.6) is 0 Å². The maximum absolute atomic E-state index is 11.5. The number of H-pyrrole nitrogens is 2. The van der Waals surface area contributed by atoms with Crippen LogP contribution in [0.25, 0.3) is 11.0 Å². The van der Waals surface area contributed by atoms with Gasteiger partial charge in [-0.15, -0.1) is 0 Å². The average molecular weight is 334 g/mol. The number of piperidine rings is 1. The molecule has 3 rings (SSSR count). The standard InChI is InChI=1S/C15H18N4O5/c20-8-9-2-1-3-18(6-9)7-10-4-11-12(5-13(10)19(23)24)17-15(22)14(21)16-11/h4-5,9,20H,1-3,6-8H2,(H,16,21)(H,17,22). The second-order valence-electron chi connectivity index (χ2n) is 6.12. The van der Waals surface area contributed by atoms with Crippen LogP contribution < -0.4 is 11.1 Å². The molecule has 1 saturated heterocycles. The summed E-state index contributed by atoms with van der Waals surface area (Å²) < 4.78 is 0. The van der Waals surface area contributed by atoms with Gasteiger partial charge in [0.05, 0.1) is 16.0 Å². The molecule has 9 nitrogen and oxygen atoms in total. The lowest BCUT2D eigenvalue weighted by Crippen LogP contribution is -2.36. The van der Waals surface area contributed by atoms with Crippen molar-refractivity contribution in [2.75, 3.05) is 19.7 Å². The van der Waals surface area contributed by atoms with Gasteiger partial charge in [-0.3, -0.25) is 24.6 Å². The van der Waals surface area contributed by atoms with Crippen LogP contribution in [0.2, 0.25) is 0 Å². The quantitative estimate of drug-likeness (QED) is 0.419. The first-order valence-corrected chi connectivity index (χ1v) is 7.74. The Morgan fingerprint density at radius 1 is 1.25 bits per heavy atom. The summed E-state index contributed by atoms with van der Waals surface area (Å²) in [6, 6.07) is 2.81. The van der Waals surface area contributed by atoms with Gasteiger partial charge in [-0.25, -0.2) is 0 Å². The summed E-state index contributed by atoms with van der Waals surface area (Å²) in [4.78, 5) is 40.6. The Balaban J connectivity index is 2.00. The summed E-state index contributed by atoms with van der Waals surface area (Å²) in [5, 5.41) is 20.7. The maximum atomic E-state index is 11.5. The normalized spacial score (nSPS) is 18.8. The first-order valence-electron chi connectivity index (χ1n) is 7.74. The molecule has 0 aliphatic carbocycles. The summed E-state index contributed by atoms with van der Waals surface area (Å²) in [6.45, 7) is 1.93. The molecule has 2 aromatic rings. The van der Waals surface area contributed by atoms with E-state index in [1.807, 2.05) is 0 Å². The molecule has 1 aliphatic heterocycles. The number of aromatic nitrogens is 2. The van der Waals surface area contributed by atoms with Crippen LogP contribution in [0.15, 0.2) is 21.7 Å². The topological polar surface area (TPSA) is 132 Å². The molecule has 9 heteroatoms. The van der Waals surface area contributed by atoms with Gasteiger partial charge in [0.25, 0.3) is 5.69 Å². The Morgan fingerprint density at radius 3 is 2.54 bits per heavy atom. The fourth-order valence-electron chi connectivity index (χ4n) is 3.18. The van der Waals surface area contributed by atoms with Gasteiger partial charge >= 0.3 is 11.1 Å². The number of nitrogens with zero attached hydrogens (tertiary/aromatic N) is 2. The van der Waals surface area contributed by atoms with Gasteiger partial charge in [-0.2, -0.15) is 0 Å². The third-order valence-corrected chi connectivity index (χ3v) is 4.37. The lowest BCUT2D eigenvalue weighted by Gasteiger charge is -2.31. The van der Waals surface area contributed by atoms with E-state index in [0.717, 1.165) is 19.4 Å². The van der Waals surface area contributed by atoms with Gasteiger partial charge in [-0.05, 0) is 31.4 Å². The Kier molecular flexibility index (Phi) is 4.45. The van der Waals surface area contributed by atoms with E-state index in [1.165, 1.54) is 12.1 Å². The van der Waals surface area contributed by atoms with Crippen molar-refractivity contribution >= 4 is 16.7 Å². The molecule has 24 heavy (non-hydrogen) atoms. The van der Waals surface area contributed by atoms with Gasteiger partial charge in [-0.1, -0.05) is 0 Å². The number of aliphatic hydroxyl groups is 1. The monoisotopic (exact) mass is 334 g/mol. The highest BCUT2D eigenvalue weighted by Gasteiger charge is 2.23. The van der Waals surface area contributed by atoms with Crippen molar-refractivity contribution in [1.29, 1.82) is 0 Å². The number of benzene rings is 1. The minimum Gasteiger partial charge on any atom is -0.396 e. The van der Waals surface area contributed by atoms with Crippen molar-refractivity contribution in [3.8, 4) is 0 Å². The third-order valence-electron chi connectivity index (χ3n) is 4.37. The fraction of sp³-hybridized carbons (Fsp3) is 0.467. The van der Waals surface area contributed by atoms with Crippen LogP contribution in [-0.2, 0) is 6.54 Å². The van der Waals surface area contributed by atoms with Crippen molar-refractivity contribution in [3.63, 3.8) is 0 Å². The minimum absolute atomic E-state index is 0.101. The number of hydrogen-bond donors (Lipinski definition) is 3. The highest BCUT2D eigenvalue weighted by Crippen LogP contribution is 2.26. The number of nitrogens with one attached hydrogen (secondary N) is 2. The summed E-state index contributed by atoms with van der Waals surface area (Å²) in [6.07, 6.45) is 1.87. The zero-order valence-corrected chi connectivity index (χ0v) is 12.9. The molecule has 0 spiro atoms. The largest absolute Gasteiger partial charge is 0.396 e. The highest BCUT2D eigenvalue weighted by atomic mass is 16.6. The van der Waals surface area contributed by atoms with E-state index in [2.05, 4.69) is 14.9 Å². The lowest BCUT2D eigenvalue weighted by molar-refractivity contribution is -0.385. The lowest BCUT2D eigenvalue weighted by atomic mass is 9.98. The van der Waals surface area contributed by atoms with Gasteiger partial charge in [0.1, 0.15) is 0 Å². The summed E-state index contributed by atoms with van der Waals surface area (Å²) in [5.41, 5.74) is -0.685. The molecule has 1 atom stereocenters. The molecule has 128 valence electrons. The molecular weight excluding hydrogens is 316 g/mol. The predicted molar refractivity (Wildman–Crippen MR) is 86.9 cm³/mol. The Hall–Kier alpha value is -2.52. The van der Waals surface area contributed by atoms with Crippen molar-refractivity contribution in [2.24, 2.45) is 5.92 Å². The van der Waals surface area contributed by atoms with E-state index in [9.17, 15) is 24.8 Å². The zero-order chi connectivity index (χ0) is 17.3. The van der Waals surface area contributed by atoms with Crippen LogP contribution in [0.1, 0.15) is 18.4 Å². The van der Waals surface area contributed by atoms with E-state index in [4.69, 9.17) is 0 Å². The van der Waals surface area contributed by atoms with Gasteiger partial charge in [0.2, 0.25) is 0 Å². The first kappa shape index (κ1) is 16.3. The molecule has 0 saturated carbocycles. The highest BCUT2D eigenvalue weighted by molar-refractivity contribution is 5.78. The number of hydrogen-bond acceptors (Lipinski definition) is 6. The van der Waals surface area contributed by atoms with Crippen molar-refractivity contribution in [1.82, 2.24) is 14.9 Å². The van der Waals surface area contributed by atoms with Crippen molar-refractivity contribution in [2.45, 2.75) is 19.4 Å². The second kappa shape index (κ2) is 6.54. The summed E-state index contributed by atoms with van der Waals surface area (Å²) >= 11 is 0. The van der Waals surface area contributed by atoms with E-state index >= 15 is 0 Å². The predicted octanol–water partition coefficient (Wildman–Crippen LogP) is 0.329. The SMILES string of the molecule is O=c1[nH]c2cc(CN3CCCC(CO)C3)c([N+](=O)[O-])cc2[nH]c1=O. The number of fused-ring (bicyclic) bond motifs is 1. The van der Waals surface area contributed by atoms with Crippen LogP contribution in [0.3, 0.4) is 0 Å². The van der Waals surface area contributed by atoms with E-state index in [0.29, 0.717) is 24.2 Å². The number of aromatic amines is 2. The van der Waals surface area contributed by atoms with E-state index in [1.54, 1.807) is 0 Å². The first-order chi connectivity index (χ1) is 11.5. The van der Waals surface area contributed by atoms with E-state index < -0.39 is 16.0 Å². The third kappa shape index (κ3) is 3.22. The molecular formula is C15H18N4O5. The summed E-state index contributed by atoms with van der Waals surface area (Å²) in [7, 11) is 0. The Labute approximate surface area is 136 Å². The molecule has 1 aliphatic rings. The number of nitro groups is 1. The molecule has 1 fully saturated rings. The molecule has 1 aromatic heterocycles. The average Bonchev–Trinajstić information content (AvgIpc) is 2.56.